The zero-order valence-corrected chi connectivity index (χ0v) is 10.3. The number of aliphatic hydroxyl groups is 1. The van der Waals surface area contributed by atoms with E-state index in [1.807, 2.05) is 0 Å². The minimum atomic E-state index is -2.88. The van der Waals surface area contributed by atoms with E-state index in [4.69, 9.17) is 5.11 Å². The first-order valence-corrected chi connectivity index (χ1v) is 7.51. The quantitative estimate of drug-likeness (QED) is 0.752. The first-order chi connectivity index (χ1) is 6.92. The lowest BCUT2D eigenvalue weighted by Crippen LogP contribution is -2.44. The molecule has 1 aliphatic heterocycles. The minimum absolute atomic E-state index is 0.210. The summed E-state index contributed by atoms with van der Waals surface area (Å²) < 4.78 is 22.1. The molecule has 0 aromatic rings. The van der Waals surface area contributed by atoms with E-state index in [0.717, 1.165) is 19.4 Å². The second-order valence-electron chi connectivity index (χ2n) is 4.60. The molecule has 0 aromatic carbocycles. The molecule has 4 nitrogen and oxygen atoms in total. The maximum absolute atomic E-state index is 11.1. The Balaban J connectivity index is 2.44. The first kappa shape index (κ1) is 12.9. The molecule has 0 radical (unpaired) electrons. The van der Waals surface area contributed by atoms with Crippen molar-refractivity contribution in [3.63, 3.8) is 0 Å². The summed E-state index contributed by atoms with van der Waals surface area (Å²) in [5, 5.41) is 9.08. The minimum Gasteiger partial charge on any atom is -0.396 e. The standard InChI is InChI=1S/C10H21NO3S/c1-9-3-4-10(8-12)7-11(9)5-6-15(2,13)14/h9-10,12H,3-8H2,1-2H3. The van der Waals surface area contributed by atoms with Gasteiger partial charge in [0.1, 0.15) is 9.84 Å². The fourth-order valence-electron chi connectivity index (χ4n) is 2.01. The van der Waals surface area contributed by atoms with E-state index < -0.39 is 9.84 Å². The summed E-state index contributed by atoms with van der Waals surface area (Å²) >= 11 is 0. The van der Waals surface area contributed by atoms with Crippen molar-refractivity contribution in [1.29, 1.82) is 0 Å². The number of rotatable bonds is 4. The van der Waals surface area contributed by atoms with Gasteiger partial charge in [0.25, 0.3) is 0 Å². The van der Waals surface area contributed by atoms with Crippen LogP contribution in [0.3, 0.4) is 0 Å². The number of aliphatic hydroxyl groups excluding tert-OH is 1. The predicted octanol–water partition coefficient (Wildman–Crippen LogP) is 0.124. The summed E-state index contributed by atoms with van der Waals surface area (Å²) in [6.07, 6.45) is 3.37. The summed E-state index contributed by atoms with van der Waals surface area (Å²) in [6.45, 7) is 3.75. The molecule has 1 heterocycles. The van der Waals surface area contributed by atoms with Gasteiger partial charge in [0.2, 0.25) is 0 Å². The second-order valence-corrected chi connectivity index (χ2v) is 6.86. The van der Waals surface area contributed by atoms with E-state index in [0.29, 0.717) is 18.5 Å². The number of likely N-dealkylation sites (tertiary alicyclic amines) is 1. The van der Waals surface area contributed by atoms with E-state index in [2.05, 4.69) is 11.8 Å². The Morgan fingerprint density at radius 3 is 2.60 bits per heavy atom. The van der Waals surface area contributed by atoms with Gasteiger partial charge in [-0.1, -0.05) is 0 Å². The molecule has 1 saturated heterocycles. The number of hydrogen-bond acceptors (Lipinski definition) is 4. The van der Waals surface area contributed by atoms with Crippen LogP contribution in [0.4, 0.5) is 0 Å². The van der Waals surface area contributed by atoms with Crippen LogP contribution in [0.5, 0.6) is 0 Å². The molecule has 0 bridgehead atoms. The van der Waals surface area contributed by atoms with Crippen molar-refractivity contribution < 1.29 is 13.5 Å². The van der Waals surface area contributed by atoms with Gasteiger partial charge in [0.05, 0.1) is 5.75 Å². The lowest BCUT2D eigenvalue weighted by atomic mass is 9.94. The fourth-order valence-corrected chi connectivity index (χ4v) is 2.57. The van der Waals surface area contributed by atoms with E-state index in [-0.39, 0.29) is 12.4 Å². The topological polar surface area (TPSA) is 57.6 Å². The van der Waals surface area contributed by atoms with Crippen LogP contribution in [0.15, 0.2) is 0 Å². The molecular formula is C10H21NO3S. The van der Waals surface area contributed by atoms with Gasteiger partial charge in [0, 0.05) is 32.0 Å². The predicted molar refractivity (Wildman–Crippen MR) is 60.6 cm³/mol. The maximum atomic E-state index is 11.1. The van der Waals surface area contributed by atoms with Gasteiger partial charge >= 0.3 is 0 Å². The van der Waals surface area contributed by atoms with E-state index in [9.17, 15) is 8.42 Å². The molecule has 1 aliphatic rings. The van der Waals surface area contributed by atoms with Crippen LogP contribution in [0.1, 0.15) is 19.8 Å². The second kappa shape index (κ2) is 5.27. The Labute approximate surface area is 92.2 Å². The molecule has 2 atom stereocenters. The van der Waals surface area contributed by atoms with Crippen LogP contribution in [0.25, 0.3) is 0 Å². The summed E-state index contributed by atoms with van der Waals surface area (Å²) in [5.74, 6) is 0.538. The maximum Gasteiger partial charge on any atom is 0.148 e. The van der Waals surface area contributed by atoms with Crippen LogP contribution in [0.2, 0.25) is 0 Å². The van der Waals surface area contributed by atoms with Crippen molar-refractivity contribution in [3.8, 4) is 0 Å². The van der Waals surface area contributed by atoms with Crippen LogP contribution >= 0.6 is 0 Å². The lowest BCUT2D eigenvalue weighted by molar-refractivity contribution is 0.0879. The summed E-state index contributed by atoms with van der Waals surface area (Å²) in [7, 11) is -2.88. The van der Waals surface area contributed by atoms with Crippen LogP contribution in [-0.4, -0.2) is 56.2 Å². The molecule has 1 rings (SSSR count). The van der Waals surface area contributed by atoms with E-state index in [1.54, 1.807) is 0 Å². The van der Waals surface area contributed by atoms with Gasteiger partial charge in [-0.3, -0.25) is 4.90 Å². The van der Waals surface area contributed by atoms with Crippen LogP contribution in [0, 0.1) is 5.92 Å². The zero-order valence-electron chi connectivity index (χ0n) is 9.52. The molecule has 1 N–H and O–H groups in total. The fraction of sp³-hybridized carbons (Fsp3) is 1.00. The molecule has 0 amide bonds. The monoisotopic (exact) mass is 235 g/mol. The third-order valence-corrected chi connectivity index (χ3v) is 4.04. The summed E-state index contributed by atoms with van der Waals surface area (Å²) in [5.41, 5.74) is 0. The Morgan fingerprint density at radius 2 is 2.07 bits per heavy atom. The average Bonchev–Trinajstić information content (AvgIpc) is 2.15. The highest BCUT2D eigenvalue weighted by atomic mass is 32.2. The first-order valence-electron chi connectivity index (χ1n) is 5.45. The number of piperidine rings is 1. The van der Waals surface area contributed by atoms with Crippen LogP contribution in [-0.2, 0) is 9.84 Å². The summed E-state index contributed by atoms with van der Waals surface area (Å²) in [6, 6.07) is 0.439. The third kappa shape index (κ3) is 4.49. The molecule has 1 fully saturated rings. The van der Waals surface area contributed by atoms with Gasteiger partial charge in [-0.2, -0.15) is 0 Å². The molecule has 2 unspecified atom stereocenters. The molecule has 15 heavy (non-hydrogen) atoms. The largest absolute Gasteiger partial charge is 0.396 e. The average molecular weight is 235 g/mol. The summed E-state index contributed by atoms with van der Waals surface area (Å²) in [4.78, 5) is 2.17. The van der Waals surface area contributed by atoms with Crippen LogP contribution < -0.4 is 0 Å². The van der Waals surface area contributed by atoms with Gasteiger partial charge in [-0.05, 0) is 25.7 Å². The van der Waals surface area contributed by atoms with E-state index >= 15 is 0 Å². The molecule has 0 spiro atoms. The Kier molecular flexibility index (Phi) is 4.55. The molecule has 90 valence electrons. The van der Waals surface area contributed by atoms with Crippen molar-refractivity contribution in [1.82, 2.24) is 4.90 Å². The molecule has 0 aromatic heterocycles. The molecule has 5 heteroatoms. The van der Waals surface area contributed by atoms with Crippen molar-refractivity contribution >= 4 is 9.84 Å². The van der Waals surface area contributed by atoms with Gasteiger partial charge < -0.3 is 5.11 Å². The molecule has 0 saturated carbocycles. The highest BCUT2D eigenvalue weighted by Crippen LogP contribution is 2.21. The zero-order chi connectivity index (χ0) is 11.5. The Bertz CT molecular complexity index is 289. The Morgan fingerprint density at radius 1 is 1.40 bits per heavy atom. The van der Waals surface area contributed by atoms with Gasteiger partial charge in [-0.15, -0.1) is 0 Å². The van der Waals surface area contributed by atoms with Crippen molar-refractivity contribution in [2.75, 3.05) is 31.7 Å². The number of sulfone groups is 1. The van der Waals surface area contributed by atoms with Crippen molar-refractivity contribution in [2.24, 2.45) is 5.92 Å². The third-order valence-electron chi connectivity index (χ3n) is 3.12. The number of nitrogens with zero attached hydrogens (tertiary/aromatic N) is 1. The highest BCUT2D eigenvalue weighted by molar-refractivity contribution is 7.90. The lowest BCUT2D eigenvalue weighted by Gasteiger charge is -2.37. The van der Waals surface area contributed by atoms with Gasteiger partial charge in [0.15, 0.2) is 0 Å². The smallest absolute Gasteiger partial charge is 0.148 e. The SMILES string of the molecule is CC1CCC(CO)CN1CCS(C)(=O)=O. The number of hydrogen-bond donors (Lipinski definition) is 1. The normalized spacial score (nSPS) is 29.3. The molecular weight excluding hydrogens is 214 g/mol. The van der Waals surface area contributed by atoms with Crippen molar-refractivity contribution in [2.45, 2.75) is 25.8 Å². The Hall–Kier alpha value is -0.130. The van der Waals surface area contributed by atoms with E-state index in [1.165, 1.54) is 6.26 Å². The molecule has 0 aliphatic carbocycles. The van der Waals surface area contributed by atoms with Gasteiger partial charge in [-0.25, -0.2) is 8.42 Å². The highest BCUT2D eigenvalue weighted by Gasteiger charge is 2.25. The van der Waals surface area contributed by atoms with Crippen molar-refractivity contribution in [3.05, 3.63) is 0 Å².